The number of carbonyl (C=O) groups excluding carboxylic acids is 1. The molecule has 7 nitrogen and oxygen atoms in total. The number of hydrogen-bond donors (Lipinski definition) is 1. The highest BCUT2D eigenvalue weighted by atomic mass is 32.2. The molecule has 2 saturated heterocycles. The van der Waals surface area contributed by atoms with Gasteiger partial charge in [0, 0.05) is 25.4 Å². The number of urea groups is 1. The van der Waals surface area contributed by atoms with Crippen LogP contribution in [0.4, 0.5) is 4.79 Å². The predicted molar refractivity (Wildman–Crippen MR) is 80.3 cm³/mol. The molecule has 0 saturated carbocycles. The minimum absolute atomic E-state index is 0.0727. The van der Waals surface area contributed by atoms with E-state index in [1.807, 2.05) is 0 Å². The highest BCUT2D eigenvalue weighted by Gasteiger charge is 2.38. The Morgan fingerprint density at radius 1 is 1.43 bits per heavy atom. The number of hydrogen-bond acceptors (Lipinski definition) is 5. The smallest absolute Gasteiger partial charge is 0.320 e. The van der Waals surface area contributed by atoms with Crippen LogP contribution in [-0.4, -0.2) is 84.0 Å². The molecule has 2 heterocycles. The second-order valence-corrected chi connectivity index (χ2v) is 8.85. The third-order valence-corrected chi connectivity index (χ3v) is 6.78. The van der Waals surface area contributed by atoms with Crippen molar-refractivity contribution in [3.8, 4) is 0 Å². The Labute approximate surface area is 128 Å². The summed E-state index contributed by atoms with van der Waals surface area (Å²) in [5, 5.41) is 8.94. The van der Waals surface area contributed by atoms with E-state index in [2.05, 4.69) is 0 Å². The Balaban J connectivity index is 2.10. The Kier molecular flexibility index (Phi) is 5.03. The van der Waals surface area contributed by atoms with Crippen LogP contribution in [0.5, 0.6) is 0 Å². The molecule has 2 rings (SSSR count). The van der Waals surface area contributed by atoms with E-state index in [1.54, 1.807) is 23.7 Å². The predicted octanol–water partition coefficient (Wildman–Crippen LogP) is 0.117. The molecule has 2 aliphatic rings. The van der Waals surface area contributed by atoms with Gasteiger partial charge in [0.05, 0.1) is 24.0 Å². The van der Waals surface area contributed by atoms with E-state index in [4.69, 9.17) is 5.11 Å². The van der Waals surface area contributed by atoms with E-state index in [1.165, 1.54) is 4.90 Å². The maximum atomic E-state index is 12.5. The standard InChI is InChI=1S/C12H20N2O5S2/c1-13(9-2-4-20-7-9)12(17)14-3-5-21(18,19)8-10(14)6-11(15)16/h9-10H,2-8H2,1H3,(H,15,16). The molecule has 0 aromatic rings. The first-order chi connectivity index (χ1) is 9.80. The summed E-state index contributed by atoms with van der Waals surface area (Å²) in [6, 6.07) is -0.889. The van der Waals surface area contributed by atoms with E-state index < -0.39 is 21.8 Å². The number of carboxylic acid groups (broad SMARTS) is 1. The van der Waals surface area contributed by atoms with Crippen LogP contribution in [0.3, 0.4) is 0 Å². The van der Waals surface area contributed by atoms with Gasteiger partial charge >= 0.3 is 12.0 Å². The van der Waals surface area contributed by atoms with Gasteiger partial charge in [-0.3, -0.25) is 4.79 Å². The lowest BCUT2D eigenvalue weighted by Crippen LogP contribution is -2.56. The van der Waals surface area contributed by atoms with E-state index in [9.17, 15) is 18.0 Å². The van der Waals surface area contributed by atoms with Crippen LogP contribution in [0.25, 0.3) is 0 Å². The maximum absolute atomic E-state index is 12.5. The van der Waals surface area contributed by atoms with Crippen LogP contribution in [0.1, 0.15) is 12.8 Å². The molecule has 9 heteroatoms. The zero-order valence-corrected chi connectivity index (χ0v) is 13.5. The normalized spacial score (nSPS) is 28.3. The van der Waals surface area contributed by atoms with Crippen molar-refractivity contribution in [2.75, 3.05) is 36.6 Å². The number of carbonyl (C=O) groups is 2. The van der Waals surface area contributed by atoms with Gasteiger partial charge in [-0.25, -0.2) is 13.2 Å². The number of carboxylic acids is 1. The van der Waals surface area contributed by atoms with Gasteiger partial charge in [-0.2, -0.15) is 11.8 Å². The third-order valence-electron chi connectivity index (χ3n) is 3.94. The molecule has 0 aliphatic carbocycles. The van der Waals surface area contributed by atoms with E-state index in [0.717, 1.165) is 17.9 Å². The van der Waals surface area contributed by atoms with Crippen LogP contribution in [-0.2, 0) is 14.6 Å². The quantitative estimate of drug-likeness (QED) is 0.786. The van der Waals surface area contributed by atoms with E-state index in [-0.39, 0.29) is 36.5 Å². The minimum Gasteiger partial charge on any atom is -0.481 e. The van der Waals surface area contributed by atoms with Crippen molar-refractivity contribution in [3.63, 3.8) is 0 Å². The summed E-state index contributed by atoms with van der Waals surface area (Å²) in [5.41, 5.74) is 0. The molecule has 21 heavy (non-hydrogen) atoms. The van der Waals surface area contributed by atoms with Gasteiger partial charge in [0.25, 0.3) is 0 Å². The molecular weight excluding hydrogens is 316 g/mol. The number of rotatable bonds is 3. The Hall–Kier alpha value is -0.960. The Bertz CT molecular complexity index is 516. The largest absolute Gasteiger partial charge is 0.481 e. The molecule has 2 amide bonds. The monoisotopic (exact) mass is 336 g/mol. The van der Waals surface area contributed by atoms with Gasteiger partial charge in [-0.1, -0.05) is 0 Å². The first-order valence-corrected chi connectivity index (χ1v) is 9.81. The number of nitrogens with zero attached hydrogens (tertiary/aromatic N) is 2. The van der Waals surface area contributed by atoms with Crippen molar-refractivity contribution in [3.05, 3.63) is 0 Å². The number of amides is 2. The number of sulfone groups is 1. The number of aliphatic carboxylic acids is 1. The zero-order valence-electron chi connectivity index (χ0n) is 11.9. The fourth-order valence-electron chi connectivity index (χ4n) is 2.70. The molecule has 1 N–H and O–H groups in total. The summed E-state index contributed by atoms with van der Waals surface area (Å²) in [5.74, 6) is 0.433. The zero-order chi connectivity index (χ0) is 15.6. The van der Waals surface area contributed by atoms with Crippen LogP contribution >= 0.6 is 11.8 Å². The molecule has 0 aromatic heterocycles. The van der Waals surface area contributed by atoms with Crippen LogP contribution in [0.15, 0.2) is 0 Å². The summed E-state index contributed by atoms with van der Waals surface area (Å²) >= 11 is 1.78. The van der Waals surface area contributed by atoms with Gasteiger partial charge in [0.15, 0.2) is 9.84 Å². The highest BCUT2D eigenvalue weighted by Crippen LogP contribution is 2.24. The lowest BCUT2D eigenvalue weighted by atomic mass is 10.2. The minimum atomic E-state index is -3.27. The van der Waals surface area contributed by atoms with Crippen molar-refractivity contribution in [2.45, 2.75) is 24.9 Å². The van der Waals surface area contributed by atoms with Crippen molar-refractivity contribution in [1.82, 2.24) is 9.80 Å². The van der Waals surface area contributed by atoms with Crippen molar-refractivity contribution < 1.29 is 23.1 Å². The van der Waals surface area contributed by atoms with Gasteiger partial charge in [0.2, 0.25) is 0 Å². The SMILES string of the molecule is CN(C(=O)N1CCS(=O)(=O)CC1CC(=O)O)C1CCSC1. The molecule has 0 spiro atoms. The average Bonchev–Trinajstić information content (AvgIpc) is 2.89. The molecule has 2 atom stereocenters. The molecule has 2 aliphatic heterocycles. The molecule has 0 aromatic carbocycles. The third kappa shape index (κ3) is 4.03. The Morgan fingerprint density at radius 3 is 2.71 bits per heavy atom. The summed E-state index contributed by atoms with van der Waals surface area (Å²) in [6.07, 6.45) is 0.584. The van der Waals surface area contributed by atoms with Crippen molar-refractivity contribution in [1.29, 1.82) is 0 Å². The van der Waals surface area contributed by atoms with Gasteiger partial charge < -0.3 is 14.9 Å². The van der Waals surface area contributed by atoms with Crippen molar-refractivity contribution in [2.24, 2.45) is 0 Å². The van der Waals surface area contributed by atoms with Gasteiger partial charge in [-0.15, -0.1) is 0 Å². The average molecular weight is 336 g/mol. The Morgan fingerprint density at radius 2 is 2.14 bits per heavy atom. The summed E-state index contributed by atoms with van der Waals surface area (Å²) in [7, 11) is -1.56. The summed E-state index contributed by atoms with van der Waals surface area (Å²) in [6.45, 7) is 0.0727. The van der Waals surface area contributed by atoms with E-state index in [0.29, 0.717) is 0 Å². The van der Waals surface area contributed by atoms with Gasteiger partial charge in [-0.05, 0) is 12.2 Å². The summed E-state index contributed by atoms with van der Waals surface area (Å²) < 4.78 is 23.4. The first kappa shape index (κ1) is 16.4. The molecule has 2 unspecified atom stereocenters. The molecule has 2 fully saturated rings. The molecular formula is C12H20N2O5S2. The van der Waals surface area contributed by atoms with E-state index >= 15 is 0 Å². The second kappa shape index (κ2) is 6.43. The molecule has 0 bridgehead atoms. The van der Waals surface area contributed by atoms with Crippen LogP contribution in [0, 0.1) is 0 Å². The maximum Gasteiger partial charge on any atom is 0.320 e. The lowest BCUT2D eigenvalue weighted by Gasteiger charge is -2.38. The number of thioether (sulfide) groups is 1. The van der Waals surface area contributed by atoms with Crippen molar-refractivity contribution >= 4 is 33.6 Å². The first-order valence-electron chi connectivity index (χ1n) is 6.83. The highest BCUT2D eigenvalue weighted by molar-refractivity contribution is 7.99. The molecule has 120 valence electrons. The lowest BCUT2D eigenvalue weighted by molar-refractivity contribution is -0.138. The fraction of sp³-hybridized carbons (Fsp3) is 0.833. The topological polar surface area (TPSA) is 95.0 Å². The fourth-order valence-corrected chi connectivity index (χ4v) is 5.49. The van der Waals surface area contributed by atoms with Crippen LogP contribution < -0.4 is 0 Å². The van der Waals surface area contributed by atoms with Crippen LogP contribution in [0.2, 0.25) is 0 Å². The molecule has 0 radical (unpaired) electrons. The van der Waals surface area contributed by atoms with Gasteiger partial charge in [0.1, 0.15) is 0 Å². The second-order valence-electron chi connectivity index (χ2n) is 5.47. The summed E-state index contributed by atoms with van der Waals surface area (Å²) in [4.78, 5) is 26.5.